The fourth-order valence-electron chi connectivity index (χ4n) is 2.61. The average molecular weight is 361 g/mol. The summed E-state index contributed by atoms with van der Waals surface area (Å²) in [6.07, 6.45) is -0.740. The first-order valence-electron chi connectivity index (χ1n) is 8.82. The Labute approximate surface area is 156 Å². The molecular weight excluding hydrogens is 336 g/mol. The van der Waals surface area contributed by atoms with Gasteiger partial charge >= 0.3 is 0 Å². The summed E-state index contributed by atoms with van der Waals surface area (Å²) in [5.74, 6) is 3.74. The molecule has 132 valence electrons. The Morgan fingerprint density at radius 3 is 2.31 bits per heavy atom. The zero-order chi connectivity index (χ0) is 18.6. The molecule has 0 aliphatic carbocycles. The molecule has 1 unspecified atom stereocenters. The Bertz CT molecular complexity index is 944. The van der Waals surface area contributed by atoms with Crippen LogP contribution in [0, 0.1) is 11.5 Å². The van der Waals surface area contributed by atoms with Gasteiger partial charge in [-0.15, -0.1) is 5.54 Å². The van der Waals surface area contributed by atoms with E-state index in [1.807, 2.05) is 36.4 Å². The number of rotatable bonds is 4. The number of aliphatic hydroxyl groups excluding tert-OH is 1. The molecule has 0 fully saturated rings. The van der Waals surface area contributed by atoms with Gasteiger partial charge in [0.25, 0.3) is 0 Å². The van der Waals surface area contributed by atoms with E-state index in [0.717, 1.165) is 16.9 Å². The average Bonchev–Trinajstić information content (AvgIpc) is 2.64. The van der Waals surface area contributed by atoms with Crippen LogP contribution in [0.15, 0.2) is 66.7 Å². The molecule has 26 heavy (non-hydrogen) atoms. The molecule has 0 spiro atoms. The molecule has 3 rings (SSSR count). The predicted molar refractivity (Wildman–Crippen MR) is 111 cm³/mol. The van der Waals surface area contributed by atoms with Crippen molar-refractivity contribution in [3.05, 3.63) is 77.9 Å². The van der Waals surface area contributed by atoms with E-state index in [0.29, 0.717) is 6.61 Å². The van der Waals surface area contributed by atoms with Crippen LogP contribution < -0.4 is 4.74 Å². The van der Waals surface area contributed by atoms with Gasteiger partial charge in [0.15, 0.2) is 0 Å². The Kier molecular flexibility index (Phi) is 5.46. The standard InChI is InChI=1S/C23H24O2Si/c1-26(2,3)15-14-23(24)20-10-12-22(13-11-20)25-17-18-8-9-19-6-4-5-7-21(19)16-18/h4-13,16,23-24H,17H2,1-3H3. The molecule has 0 bridgehead atoms. The van der Waals surface area contributed by atoms with E-state index < -0.39 is 14.2 Å². The van der Waals surface area contributed by atoms with Gasteiger partial charge < -0.3 is 9.84 Å². The lowest BCUT2D eigenvalue weighted by Gasteiger charge is -2.10. The predicted octanol–water partition coefficient (Wildman–Crippen LogP) is 5.33. The first kappa shape index (κ1) is 18.3. The van der Waals surface area contributed by atoms with Crippen LogP contribution in [0.5, 0.6) is 5.75 Å². The van der Waals surface area contributed by atoms with Crippen molar-refractivity contribution < 1.29 is 9.84 Å². The summed E-state index contributed by atoms with van der Waals surface area (Å²) in [6.45, 7) is 7.01. The van der Waals surface area contributed by atoms with Gasteiger partial charge in [0.05, 0.1) is 0 Å². The lowest BCUT2D eigenvalue weighted by molar-refractivity contribution is 0.238. The second-order valence-electron chi connectivity index (χ2n) is 7.46. The first-order chi connectivity index (χ1) is 12.4. The van der Waals surface area contributed by atoms with Crippen LogP contribution in [0.3, 0.4) is 0 Å². The van der Waals surface area contributed by atoms with Gasteiger partial charge in [-0.1, -0.05) is 74.1 Å². The summed E-state index contributed by atoms with van der Waals surface area (Å²) in [7, 11) is -1.48. The molecule has 3 heteroatoms. The van der Waals surface area contributed by atoms with E-state index in [1.54, 1.807) is 0 Å². The normalized spacial score (nSPS) is 12.3. The summed E-state index contributed by atoms with van der Waals surface area (Å²) in [4.78, 5) is 0. The van der Waals surface area contributed by atoms with Crippen molar-refractivity contribution >= 4 is 18.8 Å². The van der Waals surface area contributed by atoms with Gasteiger partial charge in [0.2, 0.25) is 0 Å². The van der Waals surface area contributed by atoms with Crippen LogP contribution in [-0.4, -0.2) is 13.2 Å². The number of ether oxygens (including phenoxy) is 1. The second-order valence-corrected chi connectivity index (χ2v) is 12.2. The Morgan fingerprint density at radius 1 is 0.923 bits per heavy atom. The zero-order valence-corrected chi connectivity index (χ0v) is 16.5. The molecule has 0 saturated heterocycles. The zero-order valence-electron chi connectivity index (χ0n) is 15.5. The van der Waals surface area contributed by atoms with Crippen molar-refractivity contribution in [3.8, 4) is 17.2 Å². The van der Waals surface area contributed by atoms with E-state index in [1.165, 1.54) is 10.8 Å². The molecule has 0 aliphatic heterocycles. The Morgan fingerprint density at radius 2 is 1.62 bits per heavy atom. The number of benzene rings is 3. The van der Waals surface area contributed by atoms with Gasteiger partial charge in [-0.05, 0) is 40.1 Å². The van der Waals surface area contributed by atoms with Crippen LogP contribution in [0.2, 0.25) is 19.6 Å². The van der Waals surface area contributed by atoms with Crippen molar-refractivity contribution in [2.45, 2.75) is 32.4 Å². The summed E-state index contributed by atoms with van der Waals surface area (Å²) in [5.41, 5.74) is 5.14. The lowest BCUT2D eigenvalue weighted by Crippen LogP contribution is -2.16. The highest BCUT2D eigenvalue weighted by Gasteiger charge is 2.10. The highest BCUT2D eigenvalue weighted by atomic mass is 28.3. The van der Waals surface area contributed by atoms with Gasteiger partial charge in [-0.25, -0.2) is 0 Å². The minimum Gasteiger partial charge on any atom is -0.489 e. The highest BCUT2D eigenvalue weighted by molar-refractivity contribution is 6.83. The minimum atomic E-state index is -1.48. The van der Waals surface area contributed by atoms with Crippen molar-refractivity contribution in [1.82, 2.24) is 0 Å². The monoisotopic (exact) mass is 360 g/mol. The van der Waals surface area contributed by atoms with Gasteiger partial charge in [-0.3, -0.25) is 0 Å². The maximum atomic E-state index is 10.2. The van der Waals surface area contributed by atoms with Crippen molar-refractivity contribution in [1.29, 1.82) is 0 Å². The van der Waals surface area contributed by atoms with Gasteiger partial charge in [0.1, 0.15) is 26.5 Å². The van der Waals surface area contributed by atoms with Crippen LogP contribution in [0.4, 0.5) is 0 Å². The molecule has 2 nitrogen and oxygen atoms in total. The number of hydrogen-bond acceptors (Lipinski definition) is 2. The molecule has 0 saturated carbocycles. The quantitative estimate of drug-likeness (QED) is 0.503. The molecule has 3 aromatic carbocycles. The smallest absolute Gasteiger partial charge is 0.139 e. The summed E-state index contributed by atoms with van der Waals surface area (Å²) in [6, 6.07) is 22.2. The Hall–Kier alpha value is -2.54. The minimum absolute atomic E-state index is 0.516. The molecule has 0 amide bonds. The van der Waals surface area contributed by atoms with E-state index in [9.17, 15) is 5.11 Å². The molecule has 0 aromatic heterocycles. The summed E-state index contributed by atoms with van der Waals surface area (Å²) >= 11 is 0. The van der Waals surface area contributed by atoms with Crippen molar-refractivity contribution in [2.75, 3.05) is 0 Å². The molecule has 0 radical (unpaired) electrons. The van der Waals surface area contributed by atoms with Gasteiger partial charge in [-0.2, -0.15) is 0 Å². The molecular formula is C23H24O2Si. The SMILES string of the molecule is C[Si](C)(C)C#CC(O)c1ccc(OCc2ccc3ccccc3c2)cc1. The lowest BCUT2D eigenvalue weighted by atomic mass is 10.1. The van der Waals surface area contributed by atoms with E-state index in [2.05, 4.69) is 61.4 Å². The third-order valence-corrected chi connectivity index (χ3v) is 4.89. The fourth-order valence-corrected chi connectivity index (χ4v) is 3.18. The number of aliphatic hydroxyl groups is 1. The molecule has 1 N–H and O–H groups in total. The van der Waals surface area contributed by atoms with Crippen LogP contribution in [0.25, 0.3) is 10.8 Å². The van der Waals surface area contributed by atoms with E-state index in [-0.39, 0.29) is 0 Å². The third-order valence-electron chi connectivity index (χ3n) is 4.00. The van der Waals surface area contributed by atoms with Gasteiger partial charge in [0, 0.05) is 0 Å². The third kappa shape index (κ3) is 4.98. The highest BCUT2D eigenvalue weighted by Crippen LogP contribution is 2.20. The van der Waals surface area contributed by atoms with Crippen LogP contribution >= 0.6 is 0 Å². The van der Waals surface area contributed by atoms with E-state index >= 15 is 0 Å². The summed E-state index contributed by atoms with van der Waals surface area (Å²) in [5, 5.41) is 12.6. The fraction of sp³-hybridized carbons (Fsp3) is 0.217. The number of hydrogen-bond donors (Lipinski definition) is 1. The first-order valence-corrected chi connectivity index (χ1v) is 12.3. The summed E-state index contributed by atoms with van der Waals surface area (Å²) < 4.78 is 5.88. The second kappa shape index (κ2) is 7.78. The van der Waals surface area contributed by atoms with Crippen LogP contribution in [-0.2, 0) is 6.61 Å². The van der Waals surface area contributed by atoms with Crippen LogP contribution in [0.1, 0.15) is 17.2 Å². The maximum Gasteiger partial charge on any atom is 0.139 e. The molecule has 0 aliphatic rings. The van der Waals surface area contributed by atoms with Crippen molar-refractivity contribution in [2.24, 2.45) is 0 Å². The topological polar surface area (TPSA) is 29.5 Å². The number of fused-ring (bicyclic) bond motifs is 1. The van der Waals surface area contributed by atoms with E-state index in [4.69, 9.17) is 4.74 Å². The largest absolute Gasteiger partial charge is 0.489 e. The molecule has 3 aromatic rings. The van der Waals surface area contributed by atoms with Crippen molar-refractivity contribution in [3.63, 3.8) is 0 Å². The molecule has 0 heterocycles. The molecule has 1 atom stereocenters. The maximum absolute atomic E-state index is 10.2. The Balaban J connectivity index is 1.64.